The summed E-state index contributed by atoms with van der Waals surface area (Å²) in [6.07, 6.45) is 2.94. The van der Waals surface area contributed by atoms with E-state index >= 15 is 0 Å². The number of Topliss-reactive ketones (excluding diaryl/α,β-unsaturated/α-hetero) is 1. The molecule has 1 aromatic rings. The third-order valence-electron chi connectivity index (χ3n) is 1.77. The highest BCUT2D eigenvalue weighted by atomic mass is 16.1. The lowest BCUT2D eigenvalue weighted by molar-refractivity contribution is 0.101. The van der Waals surface area contributed by atoms with E-state index in [1.165, 1.54) is 5.56 Å². The van der Waals surface area contributed by atoms with Gasteiger partial charge in [0.25, 0.3) is 0 Å². The lowest BCUT2D eigenvalue weighted by Crippen LogP contribution is -1.92. The maximum Gasteiger partial charge on any atom is 0.175 e. The van der Waals surface area contributed by atoms with Crippen LogP contribution in [0.25, 0.3) is 0 Å². The summed E-state index contributed by atoms with van der Waals surface area (Å²) in [5, 5.41) is 0. The molecule has 0 radical (unpaired) electrons. The molecule has 0 saturated carbocycles. The van der Waals surface area contributed by atoms with Crippen LogP contribution in [0.4, 0.5) is 0 Å². The van der Waals surface area contributed by atoms with E-state index in [1.807, 2.05) is 12.3 Å². The third kappa shape index (κ3) is 2.22. The van der Waals surface area contributed by atoms with Gasteiger partial charge in [-0.1, -0.05) is 13.8 Å². The molecule has 0 aromatic carbocycles. The molecule has 0 unspecified atom stereocenters. The van der Waals surface area contributed by atoms with Crippen molar-refractivity contribution in [2.75, 3.05) is 0 Å². The molecule has 0 bridgehead atoms. The summed E-state index contributed by atoms with van der Waals surface area (Å²) in [6, 6.07) is 1.93. The Bertz CT molecular complexity index is 273. The summed E-state index contributed by atoms with van der Waals surface area (Å²) in [5.41, 5.74) is 1.93. The first-order valence-corrected chi connectivity index (χ1v) is 4.28. The maximum absolute atomic E-state index is 10.9. The molecule has 66 valence electrons. The molecular weight excluding hydrogens is 150 g/mol. The lowest BCUT2D eigenvalue weighted by Gasteiger charge is -1.99. The predicted octanol–water partition coefficient (Wildman–Crippen LogP) is 2.42. The van der Waals surface area contributed by atoms with Crippen molar-refractivity contribution in [3.63, 3.8) is 0 Å². The summed E-state index contributed by atoms with van der Waals surface area (Å²) in [4.78, 5) is 13.9. The number of nitrogens with one attached hydrogen (secondary N) is 1. The molecule has 0 atom stereocenters. The quantitative estimate of drug-likeness (QED) is 0.685. The van der Waals surface area contributed by atoms with Gasteiger partial charge in [0.1, 0.15) is 0 Å². The van der Waals surface area contributed by atoms with Gasteiger partial charge in [-0.15, -0.1) is 0 Å². The second-order valence-electron chi connectivity index (χ2n) is 3.58. The molecule has 0 amide bonds. The zero-order valence-electron chi connectivity index (χ0n) is 7.85. The van der Waals surface area contributed by atoms with E-state index in [2.05, 4.69) is 18.8 Å². The molecule has 1 N–H and O–H groups in total. The number of carbonyl (C=O) groups excluding carboxylic acids is 1. The van der Waals surface area contributed by atoms with Gasteiger partial charge >= 0.3 is 0 Å². The van der Waals surface area contributed by atoms with E-state index in [0.29, 0.717) is 11.6 Å². The summed E-state index contributed by atoms with van der Waals surface area (Å²) >= 11 is 0. The van der Waals surface area contributed by atoms with Crippen molar-refractivity contribution in [1.82, 2.24) is 4.98 Å². The SMILES string of the molecule is CC(=O)c1cc(CC(C)C)c[nH]1. The standard InChI is InChI=1S/C10H15NO/c1-7(2)4-9-5-10(8(3)12)11-6-9/h5-7,11H,4H2,1-3H3. The first kappa shape index (κ1) is 9.04. The molecule has 0 fully saturated rings. The van der Waals surface area contributed by atoms with Crippen molar-refractivity contribution >= 4 is 5.78 Å². The summed E-state index contributed by atoms with van der Waals surface area (Å²) in [6.45, 7) is 5.91. The highest BCUT2D eigenvalue weighted by molar-refractivity contribution is 5.92. The second kappa shape index (κ2) is 3.57. The lowest BCUT2D eigenvalue weighted by atomic mass is 10.1. The number of carbonyl (C=O) groups is 1. The second-order valence-corrected chi connectivity index (χ2v) is 3.58. The number of ketones is 1. The Hall–Kier alpha value is -1.05. The summed E-state index contributed by atoms with van der Waals surface area (Å²) < 4.78 is 0. The Balaban J connectivity index is 2.71. The fourth-order valence-corrected chi connectivity index (χ4v) is 1.23. The molecule has 2 heteroatoms. The van der Waals surface area contributed by atoms with Crippen molar-refractivity contribution in [2.45, 2.75) is 27.2 Å². The van der Waals surface area contributed by atoms with Crippen LogP contribution in [0.3, 0.4) is 0 Å². The smallest absolute Gasteiger partial charge is 0.175 e. The molecule has 1 heterocycles. The van der Waals surface area contributed by atoms with Crippen LogP contribution in [0.15, 0.2) is 12.3 Å². The average molecular weight is 165 g/mol. The van der Waals surface area contributed by atoms with Gasteiger partial charge in [-0.05, 0) is 24.0 Å². The number of H-pyrrole nitrogens is 1. The largest absolute Gasteiger partial charge is 0.359 e. The van der Waals surface area contributed by atoms with Crippen LogP contribution in [0.5, 0.6) is 0 Å². The molecule has 1 aromatic heterocycles. The van der Waals surface area contributed by atoms with Crippen LogP contribution in [-0.2, 0) is 6.42 Å². The first-order chi connectivity index (χ1) is 5.59. The number of rotatable bonds is 3. The van der Waals surface area contributed by atoms with E-state index in [1.54, 1.807) is 6.92 Å². The zero-order valence-corrected chi connectivity index (χ0v) is 7.85. The van der Waals surface area contributed by atoms with E-state index in [0.717, 1.165) is 6.42 Å². The molecule has 1 rings (SSSR count). The first-order valence-electron chi connectivity index (χ1n) is 4.28. The Labute approximate surface area is 73.0 Å². The molecule has 2 nitrogen and oxygen atoms in total. The van der Waals surface area contributed by atoms with E-state index in [-0.39, 0.29) is 5.78 Å². The van der Waals surface area contributed by atoms with Crippen molar-refractivity contribution in [1.29, 1.82) is 0 Å². The Morgan fingerprint density at radius 3 is 2.67 bits per heavy atom. The van der Waals surface area contributed by atoms with E-state index in [4.69, 9.17) is 0 Å². The highest BCUT2D eigenvalue weighted by Crippen LogP contribution is 2.09. The van der Waals surface area contributed by atoms with Gasteiger partial charge in [0, 0.05) is 13.1 Å². The molecule has 0 spiro atoms. The van der Waals surface area contributed by atoms with Crippen LogP contribution in [0.1, 0.15) is 36.8 Å². The minimum absolute atomic E-state index is 0.102. The van der Waals surface area contributed by atoms with Crippen molar-refractivity contribution in [3.8, 4) is 0 Å². The maximum atomic E-state index is 10.9. The number of aromatic amines is 1. The normalized spacial score (nSPS) is 10.7. The minimum Gasteiger partial charge on any atom is -0.359 e. The number of hydrogen-bond acceptors (Lipinski definition) is 1. The molecule has 12 heavy (non-hydrogen) atoms. The fraction of sp³-hybridized carbons (Fsp3) is 0.500. The van der Waals surface area contributed by atoms with Crippen molar-refractivity contribution in [3.05, 3.63) is 23.5 Å². The van der Waals surface area contributed by atoms with Gasteiger partial charge in [0.05, 0.1) is 5.69 Å². The van der Waals surface area contributed by atoms with Gasteiger partial charge in [-0.25, -0.2) is 0 Å². The molecule has 0 aliphatic heterocycles. The topological polar surface area (TPSA) is 32.9 Å². The average Bonchev–Trinajstić information content (AvgIpc) is 2.34. The Morgan fingerprint density at radius 1 is 1.58 bits per heavy atom. The van der Waals surface area contributed by atoms with Gasteiger partial charge < -0.3 is 4.98 Å². The minimum atomic E-state index is 0.102. The van der Waals surface area contributed by atoms with Crippen LogP contribution in [-0.4, -0.2) is 10.8 Å². The van der Waals surface area contributed by atoms with Crippen LogP contribution < -0.4 is 0 Å². The summed E-state index contributed by atoms with van der Waals surface area (Å²) in [7, 11) is 0. The Morgan fingerprint density at radius 2 is 2.25 bits per heavy atom. The predicted molar refractivity (Wildman–Crippen MR) is 49.3 cm³/mol. The third-order valence-corrected chi connectivity index (χ3v) is 1.77. The molecule has 0 saturated heterocycles. The van der Waals surface area contributed by atoms with Crippen LogP contribution in [0.2, 0.25) is 0 Å². The fourth-order valence-electron chi connectivity index (χ4n) is 1.23. The van der Waals surface area contributed by atoms with Gasteiger partial charge in [0.15, 0.2) is 5.78 Å². The summed E-state index contributed by atoms with van der Waals surface area (Å²) in [5.74, 6) is 0.741. The van der Waals surface area contributed by atoms with E-state index < -0.39 is 0 Å². The molecular formula is C10H15NO. The van der Waals surface area contributed by atoms with Crippen molar-refractivity contribution < 1.29 is 4.79 Å². The number of hydrogen-bond donors (Lipinski definition) is 1. The van der Waals surface area contributed by atoms with Gasteiger partial charge in [0.2, 0.25) is 0 Å². The van der Waals surface area contributed by atoms with Gasteiger partial charge in [-0.2, -0.15) is 0 Å². The van der Waals surface area contributed by atoms with Gasteiger partial charge in [-0.3, -0.25) is 4.79 Å². The molecule has 0 aliphatic carbocycles. The van der Waals surface area contributed by atoms with Crippen LogP contribution in [0, 0.1) is 5.92 Å². The Kier molecular flexibility index (Phi) is 2.69. The van der Waals surface area contributed by atoms with E-state index in [9.17, 15) is 4.79 Å². The zero-order chi connectivity index (χ0) is 9.14. The monoisotopic (exact) mass is 165 g/mol. The highest BCUT2D eigenvalue weighted by Gasteiger charge is 2.04. The number of aromatic nitrogens is 1. The van der Waals surface area contributed by atoms with Crippen molar-refractivity contribution in [2.24, 2.45) is 5.92 Å². The molecule has 0 aliphatic rings. The van der Waals surface area contributed by atoms with Crippen LogP contribution >= 0.6 is 0 Å².